The Bertz CT molecular complexity index is 247. The van der Waals surface area contributed by atoms with E-state index >= 15 is 0 Å². The minimum Gasteiger partial charge on any atom is -0.349 e. The monoisotopic (exact) mass is 265 g/mol. The molecular formula is C11H24ClN3O2. The van der Waals surface area contributed by atoms with Gasteiger partial charge in [0.1, 0.15) is 0 Å². The van der Waals surface area contributed by atoms with Gasteiger partial charge in [-0.05, 0) is 13.3 Å². The number of hydrogen-bond acceptors (Lipinski definition) is 3. The van der Waals surface area contributed by atoms with Crippen molar-refractivity contribution < 1.29 is 9.59 Å². The smallest absolute Gasteiger partial charge is 0.222 e. The fourth-order valence-corrected chi connectivity index (χ4v) is 1.19. The predicted molar refractivity (Wildman–Crippen MR) is 71.1 cm³/mol. The van der Waals surface area contributed by atoms with Gasteiger partial charge in [0.15, 0.2) is 0 Å². The zero-order chi connectivity index (χ0) is 12.7. The van der Waals surface area contributed by atoms with Gasteiger partial charge in [-0.25, -0.2) is 0 Å². The highest BCUT2D eigenvalue weighted by Gasteiger charge is 2.14. The molecule has 2 N–H and O–H groups in total. The van der Waals surface area contributed by atoms with Crippen LogP contribution in [0.1, 0.15) is 26.2 Å². The van der Waals surface area contributed by atoms with Crippen LogP contribution in [0.3, 0.4) is 0 Å². The van der Waals surface area contributed by atoms with Gasteiger partial charge in [-0.15, -0.1) is 12.4 Å². The van der Waals surface area contributed by atoms with Crippen LogP contribution >= 0.6 is 12.4 Å². The van der Waals surface area contributed by atoms with Crippen molar-refractivity contribution in [3.63, 3.8) is 0 Å². The quantitative estimate of drug-likeness (QED) is 0.759. The zero-order valence-corrected chi connectivity index (χ0v) is 11.9. The van der Waals surface area contributed by atoms with Gasteiger partial charge in [0.25, 0.3) is 0 Å². The third kappa shape index (κ3) is 7.18. The summed E-state index contributed by atoms with van der Waals surface area (Å²) in [5, 5.41) is 0. The molecule has 0 fully saturated rings. The lowest BCUT2D eigenvalue weighted by atomic mass is 10.2. The van der Waals surface area contributed by atoms with E-state index in [4.69, 9.17) is 5.73 Å². The minimum absolute atomic E-state index is 0. The second kappa shape index (κ2) is 9.24. The van der Waals surface area contributed by atoms with Gasteiger partial charge in [-0.3, -0.25) is 9.59 Å². The Kier molecular flexibility index (Phi) is 10.1. The van der Waals surface area contributed by atoms with Crippen LogP contribution < -0.4 is 5.73 Å². The second-order valence-electron chi connectivity index (χ2n) is 4.23. The highest BCUT2D eigenvalue weighted by atomic mass is 35.5. The van der Waals surface area contributed by atoms with Crippen molar-refractivity contribution in [2.45, 2.75) is 32.2 Å². The fraction of sp³-hybridized carbons (Fsp3) is 0.818. The van der Waals surface area contributed by atoms with E-state index < -0.39 is 0 Å². The van der Waals surface area contributed by atoms with Crippen LogP contribution in [0.4, 0.5) is 0 Å². The van der Waals surface area contributed by atoms with E-state index in [0.29, 0.717) is 25.8 Å². The van der Waals surface area contributed by atoms with E-state index in [-0.39, 0.29) is 30.3 Å². The molecule has 0 aliphatic rings. The summed E-state index contributed by atoms with van der Waals surface area (Å²) in [6, 6.07) is 0.0528. The first-order chi connectivity index (χ1) is 7.40. The van der Waals surface area contributed by atoms with Gasteiger partial charge < -0.3 is 15.5 Å². The number of carbonyl (C=O) groups is 2. The predicted octanol–water partition coefficient (Wildman–Crippen LogP) is 0.472. The molecule has 0 aromatic carbocycles. The maximum absolute atomic E-state index is 11.6. The molecule has 0 aliphatic carbocycles. The molecule has 0 bridgehead atoms. The van der Waals surface area contributed by atoms with Crippen LogP contribution in [0.25, 0.3) is 0 Å². The number of halogens is 1. The van der Waals surface area contributed by atoms with E-state index in [1.165, 1.54) is 4.90 Å². The van der Waals surface area contributed by atoms with Crippen LogP contribution in [0.5, 0.6) is 0 Å². The van der Waals surface area contributed by atoms with Crippen molar-refractivity contribution >= 4 is 24.2 Å². The molecule has 0 spiro atoms. The number of amides is 2. The van der Waals surface area contributed by atoms with Crippen molar-refractivity contribution in [1.29, 1.82) is 0 Å². The molecule has 6 heteroatoms. The Labute approximate surface area is 110 Å². The summed E-state index contributed by atoms with van der Waals surface area (Å²) >= 11 is 0. The molecule has 5 nitrogen and oxygen atoms in total. The molecule has 17 heavy (non-hydrogen) atoms. The molecule has 2 amide bonds. The first-order valence-electron chi connectivity index (χ1n) is 5.56. The van der Waals surface area contributed by atoms with Crippen LogP contribution in [-0.2, 0) is 9.59 Å². The van der Waals surface area contributed by atoms with Crippen molar-refractivity contribution in [2.24, 2.45) is 5.73 Å². The van der Waals surface area contributed by atoms with Gasteiger partial charge in [0, 0.05) is 46.6 Å². The van der Waals surface area contributed by atoms with E-state index in [2.05, 4.69) is 0 Å². The summed E-state index contributed by atoms with van der Waals surface area (Å²) in [4.78, 5) is 26.1. The number of rotatable bonds is 6. The summed E-state index contributed by atoms with van der Waals surface area (Å²) in [5.74, 6) is 0.104. The Morgan fingerprint density at radius 3 is 2.00 bits per heavy atom. The normalized spacial score (nSPS) is 11.4. The lowest BCUT2D eigenvalue weighted by Gasteiger charge is -2.23. The molecule has 0 aliphatic heterocycles. The van der Waals surface area contributed by atoms with E-state index in [1.807, 2.05) is 6.92 Å². The molecule has 0 rings (SSSR count). The lowest BCUT2D eigenvalue weighted by Crippen LogP contribution is -2.39. The van der Waals surface area contributed by atoms with E-state index in [1.54, 1.807) is 26.0 Å². The average Bonchev–Trinajstić information content (AvgIpc) is 2.26. The second-order valence-corrected chi connectivity index (χ2v) is 4.23. The highest BCUT2D eigenvalue weighted by Crippen LogP contribution is 2.03. The minimum atomic E-state index is 0. The van der Waals surface area contributed by atoms with Crippen LogP contribution in [0.15, 0.2) is 0 Å². The Morgan fingerprint density at radius 1 is 1.12 bits per heavy atom. The van der Waals surface area contributed by atoms with Gasteiger partial charge in [0.2, 0.25) is 11.8 Å². The standard InChI is InChI=1S/C11H23N3O2.ClH/c1-9(8-12)14(4)11(16)7-5-6-10(15)13(2)3;/h9H,5-8,12H2,1-4H3;1H. The molecule has 0 aromatic heterocycles. The average molecular weight is 266 g/mol. The van der Waals surface area contributed by atoms with Gasteiger partial charge in [0.05, 0.1) is 0 Å². The van der Waals surface area contributed by atoms with Gasteiger partial charge in [-0.1, -0.05) is 0 Å². The van der Waals surface area contributed by atoms with Crippen LogP contribution in [0.2, 0.25) is 0 Å². The third-order valence-electron chi connectivity index (χ3n) is 2.68. The molecule has 1 unspecified atom stereocenters. The molecule has 0 saturated carbocycles. The molecule has 102 valence electrons. The summed E-state index contributed by atoms with van der Waals surface area (Å²) in [5.41, 5.74) is 5.47. The molecule has 1 atom stereocenters. The van der Waals surface area contributed by atoms with E-state index in [9.17, 15) is 9.59 Å². The van der Waals surface area contributed by atoms with Crippen LogP contribution in [0, 0.1) is 0 Å². The lowest BCUT2D eigenvalue weighted by molar-refractivity contribution is -0.132. The van der Waals surface area contributed by atoms with Gasteiger partial charge >= 0.3 is 0 Å². The van der Waals surface area contributed by atoms with Crippen molar-refractivity contribution in [3.8, 4) is 0 Å². The molecule has 0 saturated heterocycles. The number of nitrogens with zero attached hydrogens (tertiary/aromatic N) is 2. The van der Waals surface area contributed by atoms with Crippen molar-refractivity contribution in [3.05, 3.63) is 0 Å². The first kappa shape index (κ1) is 18.6. The maximum atomic E-state index is 11.6. The summed E-state index contributed by atoms with van der Waals surface area (Å²) in [6.45, 7) is 2.36. The topological polar surface area (TPSA) is 66.6 Å². The molecule has 0 heterocycles. The van der Waals surface area contributed by atoms with Crippen LogP contribution in [-0.4, -0.2) is 55.3 Å². The molecule has 0 aromatic rings. The largest absolute Gasteiger partial charge is 0.349 e. The number of nitrogens with two attached hydrogens (primary N) is 1. The van der Waals surface area contributed by atoms with Gasteiger partial charge in [-0.2, -0.15) is 0 Å². The summed E-state index contributed by atoms with van der Waals surface area (Å²) in [7, 11) is 5.17. The number of likely N-dealkylation sites (N-methyl/N-ethyl adjacent to an activating group) is 1. The highest BCUT2D eigenvalue weighted by molar-refractivity contribution is 5.85. The third-order valence-corrected chi connectivity index (χ3v) is 2.68. The maximum Gasteiger partial charge on any atom is 0.222 e. The zero-order valence-electron chi connectivity index (χ0n) is 11.1. The Hall–Kier alpha value is -0.810. The van der Waals surface area contributed by atoms with Crippen molar-refractivity contribution in [2.75, 3.05) is 27.7 Å². The SMILES string of the molecule is CC(CN)N(C)C(=O)CCCC(=O)N(C)C.Cl. The van der Waals surface area contributed by atoms with E-state index in [0.717, 1.165) is 0 Å². The number of carbonyl (C=O) groups excluding carboxylic acids is 2. The molecule has 0 radical (unpaired) electrons. The molecular weight excluding hydrogens is 242 g/mol. The Balaban J connectivity index is 0. The summed E-state index contributed by atoms with van der Waals surface area (Å²) < 4.78 is 0. The van der Waals surface area contributed by atoms with Crippen molar-refractivity contribution in [1.82, 2.24) is 9.80 Å². The first-order valence-corrected chi connectivity index (χ1v) is 5.56. The fourth-order valence-electron chi connectivity index (χ4n) is 1.19. The Morgan fingerprint density at radius 2 is 1.59 bits per heavy atom. The summed E-state index contributed by atoms with van der Waals surface area (Å²) in [6.07, 6.45) is 1.42. The number of hydrogen-bond donors (Lipinski definition) is 1.